The Hall–Kier alpha value is -0.740. The minimum Gasteiger partial charge on any atom is -0.244 e. The van der Waals surface area contributed by atoms with Gasteiger partial charge in [-0.05, 0) is 20.8 Å². The smallest absolute Gasteiger partial charge is 0.244 e. The molecule has 0 spiro atoms. The van der Waals surface area contributed by atoms with Crippen molar-refractivity contribution in [3.05, 3.63) is 0 Å². The van der Waals surface area contributed by atoms with E-state index in [0.717, 1.165) is 0 Å². The quantitative estimate of drug-likeness (QED) is 0.561. The third-order valence-corrected chi connectivity index (χ3v) is 1.69. The van der Waals surface area contributed by atoms with E-state index >= 15 is 0 Å². The van der Waals surface area contributed by atoms with Crippen LogP contribution in [-0.2, 0) is 14.3 Å². The summed E-state index contributed by atoms with van der Waals surface area (Å²) >= 11 is 0. The second kappa shape index (κ2) is 4.63. The summed E-state index contributed by atoms with van der Waals surface area (Å²) in [5.41, 5.74) is -0.662. The largest absolute Gasteiger partial charge is 0.427 e. The van der Waals surface area contributed by atoms with E-state index in [4.69, 9.17) is 0 Å². The molecule has 0 aliphatic heterocycles. The van der Waals surface area contributed by atoms with E-state index in [2.05, 4.69) is 10.1 Å². The van der Waals surface area contributed by atoms with E-state index in [9.17, 15) is 21.6 Å². The number of hydrogen-bond donors (Lipinski definition) is 0. The van der Waals surface area contributed by atoms with Crippen LogP contribution in [0, 0.1) is 17.3 Å². The standard InChI is InChI=1S/C9H13F3O3S/c1-8(2,3)6-5-7(9(10,11)12)15-16(4,13)14/h7H,1-4H3. The molecule has 3 nitrogen and oxygen atoms in total. The second-order valence-electron chi connectivity index (χ2n) is 4.24. The Morgan fingerprint density at radius 1 is 1.19 bits per heavy atom. The van der Waals surface area contributed by atoms with Crippen molar-refractivity contribution in [2.24, 2.45) is 5.41 Å². The van der Waals surface area contributed by atoms with Gasteiger partial charge in [-0.1, -0.05) is 11.8 Å². The lowest BCUT2D eigenvalue weighted by molar-refractivity contribution is -0.175. The van der Waals surface area contributed by atoms with Crippen molar-refractivity contribution in [1.82, 2.24) is 0 Å². The molecule has 7 heteroatoms. The van der Waals surface area contributed by atoms with Crippen molar-refractivity contribution in [2.45, 2.75) is 33.1 Å². The lowest BCUT2D eigenvalue weighted by Gasteiger charge is -2.15. The van der Waals surface area contributed by atoms with Crippen molar-refractivity contribution in [3.63, 3.8) is 0 Å². The molecule has 0 aromatic heterocycles. The average Bonchev–Trinajstić information content (AvgIpc) is 1.91. The first-order valence-electron chi connectivity index (χ1n) is 4.29. The normalized spacial score (nSPS) is 15.2. The summed E-state index contributed by atoms with van der Waals surface area (Å²) in [6.07, 6.45) is -6.90. The van der Waals surface area contributed by atoms with Crippen LogP contribution in [0.3, 0.4) is 0 Å². The summed E-state index contributed by atoms with van der Waals surface area (Å²) in [5, 5.41) is 0. The van der Waals surface area contributed by atoms with Crippen LogP contribution in [0.25, 0.3) is 0 Å². The first kappa shape index (κ1) is 15.3. The Kier molecular flexibility index (Phi) is 4.42. The number of alkyl halides is 3. The summed E-state index contributed by atoms with van der Waals surface area (Å²) in [6.45, 7) is 4.82. The Bertz CT molecular complexity index is 392. The fourth-order valence-electron chi connectivity index (χ4n) is 0.617. The van der Waals surface area contributed by atoms with Crippen molar-refractivity contribution in [3.8, 4) is 11.8 Å². The maximum absolute atomic E-state index is 12.3. The van der Waals surface area contributed by atoms with E-state index in [1.54, 1.807) is 26.7 Å². The van der Waals surface area contributed by atoms with Crippen LogP contribution in [0.5, 0.6) is 0 Å². The molecule has 0 saturated heterocycles. The van der Waals surface area contributed by atoms with Gasteiger partial charge in [-0.15, -0.1) is 0 Å². The van der Waals surface area contributed by atoms with Crippen molar-refractivity contribution >= 4 is 10.1 Å². The summed E-state index contributed by atoms with van der Waals surface area (Å²) in [6, 6.07) is 0. The SMILES string of the molecule is CC(C)(C)C#CC(OS(C)(=O)=O)C(F)(F)F. The Morgan fingerprint density at radius 2 is 1.62 bits per heavy atom. The third-order valence-electron chi connectivity index (χ3n) is 1.15. The molecule has 0 heterocycles. The van der Waals surface area contributed by atoms with Crippen LogP contribution < -0.4 is 0 Å². The zero-order chi connectivity index (χ0) is 13.2. The summed E-state index contributed by atoms with van der Waals surface area (Å²) in [7, 11) is -4.20. The zero-order valence-corrected chi connectivity index (χ0v) is 10.2. The third kappa shape index (κ3) is 7.54. The molecule has 1 unspecified atom stereocenters. The molecule has 0 aliphatic rings. The first-order valence-corrected chi connectivity index (χ1v) is 6.10. The molecule has 0 saturated carbocycles. The Morgan fingerprint density at radius 3 is 1.88 bits per heavy atom. The molecule has 0 aliphatic carbocycles. The molecule has 0 bridgehead atoms. The van der Waals surface area contributed by atoms with Crippen molar-refractivity contribution in [1.29, 1.82) is 0 Å². The zero-order valence-electron chi connectivity index (χ0n) is 9.34. The van der Waals surface area contributed by atoms with Gasteiger partial charge >= 0.3 is 6.18 Å². The summed E-state index contributed by atoms with van der Waals surface area (Å²) in [5.74, 6) is 4.07. The van der Waals surface area contributed by atoms with Gasteiger partial charge in [0.1, 0.15) is 0 Å². The van der Waals surface area contributed by atoms with E-state index in [-0.39, 0.29) is 0 Å². The fourth-order valence-corrected chi connectivity index (χ4v) is 1.12. The minimum atomic E-state index is -4.83. The maximum Gasteiger partial charge on any atom is 0.427 e. The average molecular weight is 258 g/mol. The topological polar surface area (TPSA) is 43.4 Å². The first-order chi connectivity index (χ1) is 6.81. The molecule has 0 aromatic rings. The highest BCUT2D eigenvalue weighted by Crippen LogP contribution is 2.24. The van der Waals surface area contributed by atoms with E-state index < -0.39 is 27.8 Å². The molecule has 94 valence electrons. The van der Waals surface area contributed by atoms with Crippen LogP contribution in [0.4, 0.5) is 13.2 Å². The second-order valence-corrected chi connectivity index (χ2v) is 5.84. The van der Waals surface area contributed by atoms with Gasteiger partial charge in [-0.25, -0.2) is 4.18 Å². The Balaban J connectivity index is 5.05. The van der Waals surface area contributed by atoms with Crippen molar-refractivity contribution < 1.29 is 25.8 Å². The number of halogens is 3. The van der Waals surface area contributed by atoms with Gasteiger partial charge in [0.2, 0.25) is 6.10 Å². The maximum atomic E-state index is 12.3. The van der Waals surface area contributed by atoms with Crippen LogP contribution in [0.1, 0.15) is 20.8 Å². The minimum absolute atomic E-state index is 0.546. The van der Waals surface area contributed by atoms with E-state index in [1.165, 1.54) is 0 Å². The van der Waals surface area contributed by atoms with E-state index in [1.807, 2.05) is 0 Å². The van der Waals surface area contributed by atoms with Gasteiger partial charge in [0, 0.05) is 5.41 Å². The highest BCUT2D eigenvalue weighted by molar-refractivity contribution is 7.86. The van der Waals surface area contributed by atoms with Gasteiger partial charge in [0.15, 0.2) is 0 Å². The molecule has 0 fully saturated rings. The monoisotopic (exact) mass is 258 g/mol. The fraction of sp³-hybridized carbons (Fsp3) is 0.778. The lowest BCUT2D eigenvalue weighted by Crippen LogP contribution is -2.32. The van der Waals surface area contributed by atoms with Crippen LogP contribution in [0.15, 0.2) is 0 Å². The van der Waals surface area contributed by atoms with Crippen LogP contribution in [-0.4, -0.2) is 27.0 Å². The van der Waals surface area contributed by atoms with E-state index in [0.29, 0.717) is 6.26 Å². The molecule has 0 rings (SSSR count). The highest BCUT2D eigenvalue weighted by Gasteiger charge is 2.42. The van der Waals surface area contributed by atoms with Gasteiger partial charge in [0.25, 0.3) is 10.1 Å². The van der Waals surface area contributed by atoms with Gasteiger partial charge in [-0.3, -0.25) is 0 Å². The molecule has 0 radical (unpaired) electrons. The highest BCUT2D eigenvalue weighted by atomic mass is 32.2. The molecule has 16 heavy (non-hydrogen) atoms. The lowest BCUT2D eigenvalue weighted by atomic mass is 9.98. The Labute approximate surface area is 93.1 Å². The van der Waals surface area contributed by atoms with Crippen LogP contribution in [0.2, 0.25) is 0 Å². The molecule has 0 amide bonds. The van der Waals surface area contributed by atoms with Crippen LogP contribution >= 0.6 is 0 Å². The molecule has 0 aromatic carbocycles. The molecule has 1 atom stereocenters. The summed E-state index contributed by atoms with van der Waals surface area (Å²) in [4.78, 5) is 0. The molecular formula is C9H13F3O3S. The predicted molar refractivity (Wildman–Crippen MR) is 53.0 cm³/mol. The molecule has 0 N–H and O–H groups in total. The van der Waals surface area contributed by atoms with Gasteiger partial charge in [0.05, 0.1) is 6.26 Å². The number of hydrogen-bond acceptors (Lipinski definition) is 3. The van der Waals surface area contributed by atoms with Gasteiger partial charge in [-0.2, -0.15) is 21.6 Å². The number of rotatable bonds is 2. The van der Waals surface area contributed by atoms with Crippen molar-refractivity contribution in [2.75, 3.05) is 6.26 Å². The molecular weight excluding hydrogens is 245 g/mol. The predicted octanol–water partition coefficient (Wildman–Crippen LogP) is 1.94. The summed E-state index contributed by atoms with van der Waals surface area (Å²) < 4.78 is 62.1. The van der Waals surface area contributed by atoms with Gasteiger partial charge < -0.3 is 0 Å².